The third-order valence-corrected chi connectivity index (χ3v) is 1.80. The second-order valence-electron chi connectivity index (χ2n) is 2.84. The third kappa shape index (κ3) is 4.14. The van der Waals surface area contributed by atoms with E-state index in [2.05, 4.69) is 5.32 Å². The highest BCUT2D eigenvalue weighted by atomic mass is 35.5. The Bertz CT molecular complexity index is 320. The molecule has 0 bridgehead atoms. The highest BCUT2D eigenvalue weighted by Gasteiger charge is 2.10. The average molecular weight is 232 g/mol. The number of nitrogens with two attached hydrogens (primary N) is 1. The van der Waals surface area contributed by atoms with Gasteiger partial charge >= 0.3 is 0 Å². The zero-order valence-corrected chi connectivity index (χ0v) is 9.00. The maximum atomic E-state index is 10.6. The van der Waals surface area contributed by atoms with Gasteiger partial charge in [-0.2, -0.15) is 0 Å². The summed E-state index contributed by atoms with van der Waals surface area (Å²) in [5.41, 5.74) is 5.97. The normalized spacial score (nSPS) is 9.13. The highest BCUT2D eigenvalue weighted by Crippen LogP contribution is 2.22. The van der Waals surface area contributed by atoms with Crippen LogP contribution in [0.4, 0.5) is 11.4 Å². The second kappa shape index (κ2) is 7.03. The first-order valence-corrected chi connectivity index (χ1v) is 4.43. The van der Waals surface area contributed by atoms with E-state index < -0.39 is 4.92 Å². The molecule has 0 amide bonds. The maximum absolute atomic E-state index is 10.6. The molecule has 0 aromatic heterocycles. The van der Waals surface area contributed by atoms with E-state index in [1.807, 2.05) is 0 Å². The van der Waals surface area contributed by atoms with Crippen molar-refractivity contribution in [2.75, 3.05) is 18.4 Å². The molecular formula is C9H14ClN3O2. The van der Waals surface area contributed by atoms with Gasteiger partial charge in [-0.25, -0.2) is 0 Å². The highest BCUT2D eigenvalue weighted by molar-refractivity contribution is 5.85. The van der Waals surface area contributed by atoms with Crippen LogP contribution in [0.5, 0.6) is 0 Å². The molecule has 1 aromatic rings. The summed E-state index contributed by atoms with van der Waals surface area (Å²) >= 11 is 0. The number of anilines is 1. The van der Waals surface area contributed by atoms with Gasteiger partial charge in [-0.05, 0) is 19.0 Å². The van der Waals surface area contributed by atoms with Gasteiger partial charge in [0.25, 0.3) is 5.69 Å². The summed E-state index contributed by atoms with van der Waals surface area (Å²) in [6.45, 7) is 1.23. The van der Waals surface area contributed by atoms with Gasteiger partial charge in [0.05, 0.1) is 4.92 Å². The number of nitro groups is 1. The summed E-state index contributed by atoms with van der Waals surface area (Å²) < 4.78 is 0. The lowest BCUT2D eigenvalue weighted by Gasteiger charge is -2.05. The van der Waals surface area contributed by atoms with Gasteiger partial charge in [-0.3, -0.25) is 10.1 Å². The standard InChI is InChI=1S/C9H13N3O2.ClH/c10-6-3-7-11-8-4-1-2-5-9(8)12(13)14;/h1-2,4-5,11H,3,6-7,10H2;1H. The second-order valence-corrected chi connectivity index (χ2v) is 2.84. The number of nitrogens with one attached hydrogen (secondary N) is 1. The molecule has 0 saturated carbocycles. The summed E-state index contributed by atoms with van der Waals surface area (Å²) in [6, 6.07) is 6.57. The monoisotopic (exact) mass is 231 g/mol. The number of benzene rings is 1. The summed E-state index contributed by atoms with van der Waals surface area (Å²) in [5, 5.41) is 13.6. The lowest BCUT2D eigenvalue weighted by Crippen LogP contribution is -2.09. The van der Waals surface area contributed by atoms with Crippen molar-refractivity contribution >= 4 is 23.8 Å². The van der Waals surface area contributed by atoms with Gasteiger partial charge < -0.3 is 11.1 Å². The van der Waals surface area contributed by atoms with Crippen LogP contribution in [0.25, 0.3) is 0 Å². The van der Waals surface area contributed by atoms with Crippen LogP contribution in [0.15, 0.2) is 24.3 Å². The Labute approximate surface area is 94.2 Å². The summed E-state index contributed by atoms with van der Waals surface area (Å²) in [5.74, 6) is 0. The maximum Gasteiger partial charge on any atom is 0.292 e. The number of halogens is 1. The van der Waals surface area contributed by atoms with Crippen molar-refractivity contribution in [2.45, 2.75) is 6.42 Å². The molecule has 0 saturated heterocycles. The largest absolute Gasteiger partial charge is 0.379 e. The molecule has 0 aliphatic heterocycles. The van der Waals surface area contributed by atoms with Crippen molar-refractivity contribution in [1.29, 1.82) is 0 Å². The van der Waals surface area contributed by atoms with E-state index in [0.717, 1.165) is 6.42 Å². The van der Waals surface area contributed by atoms with Crippen LogP contribution in [0.3, 0.4) is 0 Å². The lowest BCUT2D eigenvalue weighted by molar-refractivity contribution is -0.384. The van der Waals surface area contributed by atoms with Crippen LogP contribution in [0.2, 0.25) is 0 Å². The van der Waals surface area contributed by atoms with E-state index in [1.54, 1.807) is 18.2 Å². The summed E-state index contributed by atoms with van der Waals surface area (Å²) in [4.78, 5) is 10.2. The third-order valence-electron chi connectivity index (χ3n) is 1.80. The number of nitrogens with zero attached hydrogens (tertiary/aromatic N) is 1. The average Bonchev–Trinajstić information content (AvgIpc) is 2.19. The van der Waals surface area contributed by atoms with Gasteiger partial charge in [0.2, 0.25) is 0 Å². The first-order valence-electron chi connectivity index (χ1n) is 4.43. The topological polar surface area (TPSA) is 81.2 Å². The number of hydrogen-bond acceptors (Lipinski definition) is 4. The predicted molar refractivity (Wildman–Crippen MR) is 62.5 cm³/mol. The smallest absolute Gasteiger partial charge is 0.292 e. The molecule has 1 rings (SSSR count). The Hall–Kier alpha value is -1.33. The van der Waals surface area contributed by atoms with Crippen LogP contribution in [-0.2, 0) is 0 Å². The van der Waals surface area contributed by atoms with E-state index in [9.17, 15) is 10.1 Å². The van der Waals surface area contributed by atoms with Crippen LogP contribution in [-0.4, -0.2) is 18.0 Å². The SMILES string of the molecule is Cl.NCCCNc1ccccc1[N+](=O)[O-]. The zero-order valence-electron chi connectivity index (χ0n) is 8.18. The van der Waals surface area contributed by atoms with Crippen molar-refractivity contribution in [2.24, 2.45) is 5.73 Å². The molecule has 3 N–H and O–H groups in total. The predicted octanol–water partition coefficient (Wildman–Crippen LogP) is 1.78. The molecule has 0 heterocycles. The molecule has 0 fully saturated rings. The Kier molecular flexibility index (Phi) is 6.40. The Balaban J connectivity index is 0.00000196. The molecule has 0 unspecified atom stereocenters. The Morgan fingerprint density at radius 1 is 1.40 bits per heavy atom. The fourth-order valence-electron chi connectivity index (χ4n) is 1.11. The summed E-state index contributed by atoms with van der Waals surface area (Å²) in [7, 11) is 0. The van der Waals surface area contributed by atoms with Crippen molar-refractivity contribution in [3.8, 4) is 0 Å². The molecule has 15 heavy (non-hydrogen) atoms. The first-order chi connectivity index (χ1) is 6.75. The van der Waals surface area contributed by atoms with Gasteiger partial charge in [0.15, 0.2) is 0 Å². The minimum absolute atomic E-state index is 0. The van der Waals surface area contributed by atoms with Crippen molar-refractivity contribution in [3.63, 3.8) is 0 Å². The summed E-state index contributed by atoms with van der Waals surface area (Å²) in [6.07, 6.45) is 0.798. The minimum atomic E-state index is -0.398. The molecule has 0 aliphatic rings. The molecular weight excluding hydrogens is 218 g/mol. The van der Waals surface area contributed by atoms with Gasteiger partial charge in [0, 0.05) is 12.6 Å². The van der Waals surface area contributed by atoms with Gasteiger partial charge in [-0.15, -0.1) is 12.4 Å². The number of rotatable bonds is 5. The van der Waals surface area contributed by atoms with Crippen molar-refractivity contribution in [3.05, 3.63) is 34.4 Å². The molecule has 0 spiro atoms. The fraction of sp³-hybridized carbons (Fsp3) is 0.333. The number of nitro benzene ring substituents is 1. The van der Waals surface area contributed by atoms with E-state index in [-0.39, 0.29) is 18.1 Å². The minimum Gasteiger partial charge on any atom is -0.379 e. The van der Waals surface area contributed by atoms with Crippen LogP contribution >= 0.6 is 12.4 Å². The van der Waals surface area contributed by atoms with Crippen LogP contribution in [0, 0.1) is 10.1 Å². The van der Waals surface area contributed by atoms with Crippen LogP contribution < -0.4 is 11.1 Å². The van der Waals surface area contributed by atoms with Crippen molar-refractivity contribution in [1.82, 2.24) is 0 Å². The van der Waals surface area contributed by atoms with E-state index in [0.29, 0.717) is 18.8 Å². The van der Waals surface area contributed by atoms with E-state index in [4.69, 9.17) is 5.73 Å². The molecule has 0 atom stereocenters. The molecule has 84 valence electrons. The number of para-hydroxylation sites is 2. The molecule has 0 aliphatic carbocycles. The molecule has 5 nitrogen and oxygen atoms in total. The zero-order chi connectivity index (χ0) is 10.4. The Morgan fingerprint density at radius 2 is 2.07 bits per heavy atom. The van der Waals surface area contributed by atoms with Gasteiger partial charge in [0.1, 0.15) is 5.69 Å². The van der Waals surface area contributed by atoms with Gasteiger partial charge in [-0.1, -0.05) is 12.1 Å². The lowest BCUT2D eigenvalue weighted by atomic mass is 10.2. The number of hydrogen-bond donors (Lipinski definition) is 2. The molecule has 0 radical (unpaired) electrons. The molecule has 1 aromatic carbocycles. The molecule has 6 heteroatoms. The first kappa shape index (κ1) is 13.7. The fourth-order valence-corrected chi connectivity index (χ4v) is 1.11. The quantitative estimate of drug-likeness (QED) is 0.460. The Morgan fingerprint density at radius 3 is 2.67 bits per heavy atom. The van der Waals surface area contributed by atoms with E-state index >= 15 is 0 Å². The van der Waals surface area contributed by atoms with E-state index in [1.165, 1.54) is 6.07 Å². The van der Waals surface area contributed by atoms with Crippen LogP contribution in [0.1, 0.15) is 6.42 Å². The van der Waals surface area contributed by atoms with Crippen molar-refractivity contribution < 1.29 is 4.92 Å².